The summed E-state index contributed by atoms with van der Waals surface area (Å²) < 4.78 is 25.3. The number of likely N-dealkylation sites (tertiary alicyclic amines) is 1. The monoisotopic (exact) mass is 322 g/mol. The Labute approximate surface area is 131 Å². The highest BCUT2D eigenvalue weighted by Crippen LogP contribution is 2.24. The number of hydrogen-bond acceptors (Lipinski definition) is 3. The molecule has 5 nitrogen and oxygen atoms in total. The number of amides is 1. The lowest BCUT2D eigenvalue weighted by Crippen LogP contribution is -2.49. The van der Waals surface area contributed by atoms with E-state index in [-0.39, 0.29) is 11.9 Å². The molecule has 1 aliphatic heterocycles. The summed E-state index contributed by atoms with van der Waals surface area (Å²) in [7, 11) is -3.23. The Bertz CT molecular complexity index is 685. The summed E-state index contributed by atoms with van der Waals surface area (Å²) in [5, 5.41) is 0. The summed E-state index contributed by atoms with van der Waals surface area (Å²) in [4.78, 5) is 14.4. The highest BCUT2D eigenvalue weighted by molar-refractivity contribution is 7.88. The Kier molecular flexibility index (Phi) is 4.23. The van der Waals surface area contributed by atoms with Crippen LogP contribution in [0.15, 0.2) is 18.2 Å². The number of nitrogens with one attached hydrogen (secondary N) is 1. The molecule has 3 rings (SSSR count). The van der Waals surface area contributed by atoms with Gasteiger partial charge in [0.25, 0.3) is 5.91 Å². The maximum absolute atomic E-state index is 12.7. The van der Waals surface area contributed by atoms with Gasteiger partial charge in [-0.05, 0) is 55.4 Å². The van der Waals surface area contributed by atoms with Crippen LogP contribution in [0.2, 0.25) is 0 Å². The van der Waals surface area contributed by atoms with Crippen LogP contribution in [0, 0.1) is 0 Å². The minimum absolute atomic E-state index is 0.00898. The third-order valence-corrected chi connectivity index (χ3v) is 5.20. The van der Waals surface area contributed by atoms with E-state index < -0.39 is 10.0 Å². The Morgan fingerprint density at radius 1 is 1.23 bits per heavy atom. The standard InChI is InChI=1S/C16H22N2O3S/c1-22(20,21)17-15-6-3-9-18(11-15)16(19)14-8-7-12-4-2-5-13(12)10-14/h7-8,10,15,17H,2-6,9,11H2,1H3. The van der Waals surface area contributed by atoms with Crippen LogP contribution in [0.25, 0.3) is 0 Å². The zero-order chi connectivity index (χ0) is 15.7. The lowest BCUT2D eigenvalue weighted by atomic mass is 10.0. The lowest BCUT2D eigenvalue weighted by Gasteiger charge is -2.33. The Morgan fingerprint density at radius 2 is 2.00 bits per heavy atom. The minimum atomic E-state index is -3.23. The molecule has 0 aromatic heterocycles. The van der Waals surface area contributed by atoms with E-state index in [2.05, 4.69) is 10.8 Å². The number of aryl methyl sites for hydroxylation is 2. The molecule has 2 aliphatic rings. The van der Waals surface area contributed by atoms with Crippen molar-refractivity contribution in [2.75, 3.05) is 19.3 Å². The van der Waals surface area contributed by atoms with E-state index >= 15 is 0 Å². The normalized spacial score (nSPS) is 21.7. The van der Waals surface area contributed by atoms with Crippen molar-refractivity contribution >= 4 is 15.9 Å². The SMILES string of the molecule is CS(=O)(=O)NC1CCCN(C(=O)c2ccc3c(c2)CCC3)C1. The van der Waals surface area contributed by atoms with Crippen LogP contribution in [0.5, 0.6) is 0 Å². The van der Waals surface area contributed by atoms with Crippen LogP contribution >= 0.6 is 0 Å². The molecule has 1 aromatic rings. The first-order chi connectivity index (χ1) is 10.4. The summed E-state index contributed by atoms with van der Waals surface area (Å²) in [5.74, 6) is 0.00898. The van der Waals surface area contributed by atoms with Crippen molar-refractivity contribution in [3.8, 4) is 0 Å². The van der Waals surface area contributed by atoms with Gasteiger partial charge in [0.15, 0.2) is 0 Å². The molecule has 1 aliphatic carbocycles. The Balaban J connectivity index is 1.71. The van der Waals surface area contributed by atoms with Gasteiger partial charge in [0, 0.05) is 24.7 Å². The largest absolute Gasteiger partial charge is 0.337 e. The van der Waals surface area contributed by atoms with Gasteiger partial charge in [-0.25, -0.2) is 13.1 Å². The lowest BCUT2D eigenvalue weighted by molar-refractivity contribution is 0.0703. The molecule has 1 saturated heterocycles. The summed E-state index contributed by atoms with van der Waals surface area (Å²) in [5.41, 5.74) is 3.36. The highest BCUT2D eigenvalue weighted by atomic mass is 32.2. The average Bonchev–Trinajstić information content (AvgIpc) is 2.92. The molecule has 1 fully saturated rings. The van der Waals surface area contributed by atoms with Crippen molar-refractivity contribution in [2.24, 2.45) is 0 Å². The number of piperidine rings is 1. The van der Waals surface area contributed by atoms with Gasteiger partial charge in [0.1, 0.15) is 0 Å². The van der Waals surface area contributed by atoms with Gasteiger partial charge in [0.05, 0.1) is 6.26 Å². The van der Waals surface area contributed by atoms with E-state index in [4.69, 9.17) is 0 Å². The van der Waals surface area contributed by atoms with Gasteiger partial charge in [-0.2, -0.15) is 0 Å². The molecule has 6 heteroatoms. The Hall–Kier alpha value is -1.40. The fraction of sp³-hybridized carbons (Fsp3) is 0.562. The second kappa shape index (κ2) is 6.01. The molecule has 0 radical (unpaired) electrons. The minimum Gasteiger partial charge on any atom is -0.337 e. The zero-order valence-corrected chi connectivity index (χ0v) is 13.7. The van der Waals surface area contributed by atoms with Crippen molar-refractivity contribution < 1.29 is 13.2 Å². The van der Waals surface area contributed by atoms with Crippen molar-refractivity contribution in [2.45, 2.75) is 38.1 Å². The predicted molar refractivity (Wildman–Crippen MR) is 85.4 cm³/mol. The topological polar surface area (TPSA) is 66.5 Å². The van der Waals surface area contributed by atoms with E-state index in [1.807, 2.05) is 12.1 Å². The van der Waals surface area contributed by atoms with E-state index in [0.29, 0.717) is 13.1 Å². The third kappa shape index (κ3) is 3.50. The average molecular weight is 322 g/mol. The van der Waals surface area contributed by atoms with Crippen LogP contribution in [-0.4, -0.2) is 44.6 Å². The van der Waals surface area contributed by atoms with Gasteiger partial charge in [-0.3, -0.25) is 4.79 Å². The second-order valence-corrected chi connectivity index (χ2v) is 8.10. The molecule has 22 heavy (non-hydrogen) atoms. The van der Waals surface area contributed by atoms with Crippen LogP contribution in [0.4, 0.5) is 0 Å². The molecule has 1 aromatic carbocycles. The zero-order valence-electron chi connectivity index (χ0n) is 12.8. The molecular formula is C16H22N2O3S. The molecule has 0 spiro atoms. The number of carbonyl (C=O) groups is 1. The summed E-state index contributed by atoms with van der Waals surface area (Å²) >= 11 is 0. The molecule has 1 N–H and O–H groups in total. The van der Waals surface area contributed by atoms with Crippen LogP contribution in [0.3, 0.4) is 0 Å². The molecule has 1 unspecified atom stereocenters. The van der Waals surface area contributed by atoms with Gasteiger partial charge >= 0.3 is 0 Å². The number of sulfonamides is 1. The molecule has 0 bridgehead atoms. The van der Waals surface area contributed by atoms with Gasteiger partial charge < -0.3 is 4.90 Å². The molecule has 1 atom stereocenters. The fourth-order valence-corrected chi connectivity index (χ4v) is 4.25. The smallest absolute Gasteiger partial charge is 0.253 e. The number of nitrogens with zero attached hydrogens (tertiary/aromatic N) is 1. The maximum atomic E-state index is 12.7. The molecule has 0 saturated carbocycles. The number of rotatable bonds is 3. The first kappa shape index (κ1) is 15.5. The molecular weight excluding hydrogens is 300 g/mol. The van der Waals surface area contributed by atoms with E-state index in [1.165, 1.54) is 11.1 Å². The molecule has 1 amide bonds. The van der Waals surface area contributed by atoms with Gasteiger partial charge in [0.2, 0.25) is 10.0 Å². The number of carbonyl (C=O) groups excluding carboxylic acids is 1. The van der Waals surface area contributed by atoms with E-state index in [9.17, 15) is 13.2 Å². The van der Waals surface area contributed by atoms with Gasteiger partial charge in [-0.15, -0.1) is 0 Å². The summed E-state index contributed by atoms with van der Waals surface area (Å²) in [6.07, 6.45) is 6.08. The van der Waals surface area contributed by atoms with Crippen molar-refractivity contribution in [1.29, 1.82) is 0 Å². The molecule has 120 valence electrons. The first-order valence-electron chi connectivity index (χ1n) is 7.81. The predicted octanol–water partition coefficient (Wildman–Crippen LogP) is 1.33. The number of hydrogen-bond donors (Lipinski definition) is 1. The fourth-order valence-electron chi connectivity index (χ4n) is 3.45. The second-order valence-electron chi connectivity index (χ2n) is 6.32. The summed E-state index contributed by atoms with van der Waals surface area (Å²) in [6, 6.07) is 5.80. The summed E-state index contributed by atoms with van der Waals surface area (Å²) in [6.45, 7) is 1.14. The van der Waals surface area contributed by atoms with E-state index in [0.717, 1.165) is 43.9 Å². The van der Waals surface area contributed by atoms with Crippen molar-refractivity contribution in [3.05, 3.63) is 34.9 Å². The van der Waals surface area contributed by atoms with Gasteiger partial charge in [-0.1, -0.05) is 6.07 Å². The number of fused-ring (bicyclic) bond motifs is 1. The van der Waals surface area contributed by atoms with Crippen molar-refractivity contribution in [1.82, 2.24) is 9.62 Å². The highest BCUT2D eigenvalue weighted by Gasteiger charge is 2.26. The maximum Gasteiger partial charge on any atom is 0.253 e. The number of benzene rings is 1. The first-order valence-corrected chi connectivity index (χ1v) is 9.70. The molecule has 1 heterocycles. The third-order valence-electron chi connectivity index (χ3n) is 4.43. The van der Waals surface area contributed by atoms with Crippen LogP contribution < -0.4 is 4.72 Å². The van der Waals surface area contributed by atoms with Crippen LogP contribution in [-0.2, 0) is 22.9 Å². The quantitative estimate of drug-likeness (QED) is 0.913. The Morgan fingerprint density at radius 3 is 2.77 bits per heavy atom. The van der Waals surface area contributed by atoms with Crippen molar-refractivity contribution in [3.63, 3.8) is 0 Å². The van der Waals surface area contributed by atoms with Crippen LogP contribution in [0.1, 0.15) is 40.7 Å². The van der Waals surface area contributed by atoms with E-state index in [1.54, 1.807) is 4.90 Å².